The first-order valence-electron chi connectivity index (χ1n) is 5.17. The molecule has 0 aliphatic carbocycles. The normalized spacial score (nSPS) is 10.2. The third-order valence-electron chi connectivity index (χ3n) is 2.33. The number of thiazole rings is 1. The maximum atomic E-state index is 11.9. The van der Waals surface area contributed by atoms with Gasteiger partial charge in [0.1, 0.15) is 10.6 Å². The number of carbonyl (C=O) groups excluding carboxylic acids is 1. The van der Waals surface area contributed by atoms with Gasteiger partial charge in [-0.15, -0.1) is 11.3 Å². The van der Waals surface area contributed by atoms with Crippen LogP contribution in [0.25, 0.3) is 0 Å². The zero-order valence-electron chi connectivity index (χ0n) is 9.50. The highest BCUT2D eigenvalue weighted by Crippen LogP contribution is 2.28. The number of nitro groups is 1. The van der Waals surface area contributed by atoms with Crippen LogP contribution in [0.5, 0.6) is 0 Å². The summed E-state index contributed by atoms with van der Waals surface area (Å²) in [5, 5.41) is 15.2. The molecular formula is C11H8ClN3O3S. The molecule has 0 spiro atoms. The summed E-state index contributed by atoms with van der Waals surface area (Å²) in [6, 6.07) is 4.23. The van der Waals surface area contributed by atoms with Gasteiger partial charge in [-0.1, -0.05) is 17.7 Å². The fraction of sp³-hybridized carbons (Fsp3) is 0.0909. The molecule has 2 rings (SSSR count). The summed E-state index contributed by atoms with van der Waals surface area (Å²) >= 11 is 7.14. The van der Waals surface area contributed by atoms with Crippen molar-refractivity contribution in [1.29, 1.82) is 0 Å². The topological polar surface area (TPSA) is 85.1 Å². The minimum Gasteiger partial charge on any atom is -0.346 e. The summed E-state index contributed by atoms with van der Waals surface area (Å²) in [7, 11) is 0. The lowest BCUT2D eigenvalue weighted by Crippen LogP contribution is -2.23. The molecule has 1 aromatic heterocycles. The molecule has 0 aliphatic rings. The number of aromatic nitrogens is 1. The first-order chi connectivity index (χ1) is 9.09. The number of nitrogens with zero attached hydrogens (tertiary/aromatic N) is 2. The standard InChI is InChI=1S/C11H8ClN3O3S/c12-9-3-1-2-8(10(9)15(17)18)11(16)13-4-7-5-19-6-14-7/h1-3,5-6H,4H2,(H,13,16). The van der Waals surface area contributed by atoms with Crippen molar-refractivity contribution < 1.29 is 9.72 Å². The van der Waals surface area contributed by atoms with Gasteiger partial charge in [-0.05, 0) is 12.1 Å². The highest BCUT2D eigenvalue weighted by molar-refractivity contribution is 7.07. The second-order valence-corrected chi connectivity index (χ2v) is 4.68. The van der Waals surface area contributed by atoms with Gasteiger partial charge in [-0.3, -0.25) is 14.9 Å². The van der Waals surface area contributed by atoms with Crippen molar-refractivity contribution in [2.24, 2.45) is 0 Å². The summed E-state index contributed by atoms with van der Waals surface area (Å²) < 4.78 is 0. The summed E-state index contributed by atoms with van der Waals surface area (Å²) in [4.78, 5) is 26.2. The van der Waals surface area contributed by atoms with Gasteiger partial charge in [-0.2, -0.15) is 0 Å². The molecule has 1 aromatic carbocycles. The Bertz CT molecular complexity index is 616. The fourth-order valence-electron chi connectivity index (χ4n) is 1.48. The van der Waals surface area contributed by atoms with Crippen LogP contribution in [0.15, 0.2) is 29.1 Å². The Balaban J connectivity index is 2.19. The summed E-state index contributed by atoms with van der Waals surface area (Å²) in [6.45, 7) is 0.214. The molecule has 1 amide bonds. The van der Waals surface area contributed by atoms with Crippen molar-refractivity contribution in [3.8, 4) is 0 Å². The number of benzene rings is 1. The van der Waals surface area contributed by atoms with Crippen LogP contribution in [-0.4, -0.2) is 15.8 Å². The summed E-state index contributed by atoms with van der Waals surface area (Å²) in [6.07, 6.45) is 0. The van der Waals surface area contributed by atoms with Crippen molar-refractivity contribution in [3.63, 3.8) is 0 Å². The van der Waals surface area contributed by atoms with Crippen LogP contribution < -0.4 is 5.32 Å². The van der Waals surface area contributed by atoms with Crippen LogP contribution in [0, 0.1) is 10.1 Å². The van der Waals surface area contributed by atoms with Gasteiger partial charge in [-0.25, -0.2) is 4.98 Å². The Morgan fingerprint density at radius 2 is 2.32 bits per heavy atom. The monoisotopic (exact) mass is 297 g/mol. The Morgan fingerprint density at radius 3 is 2.95 bits per heavy atom. The van der Waals surface area contributed by atoms with E-state index in [0.29, 0.717) is 5.69 Å². The molecule has 6 nitrogen and oxygen atoms in total. The smallest absolute Gasteiger partial charge is 0.300 e. The number of halogens is 1. The molecule has 8 heteroatoms. The molecule has 1 N–H and O–H groups in total. The second kappa shape index (κ2) is 5.77. The van der Waals surface area contributed by atoms with E-state index in [0.717, 1.165) is 0 Å². The van der Waals surface area contributed by atoms with E-state index >= 15 is 0 Å². The number of hydrogen-bond donors (Lipinski definition) is 1. The quantitative estimate of drug-likeness (QED) is 0.694. The Kier molecular flexibility index (Phi) is 4.08. The number of carbonyl (C=O) groups is 1. The molecule has 0 bridgehead atoms. The van der Waals surface area contributed by atoms with Crippen molar-refractivity contribution in [1.82, 2.24) is 10.3 Å². The molecular weight excluding hydrogens is 290 g/mol. The van der Waals surface area contributed by atoms with Crippen molar-refractivity contribution in [3.05, 3.63) is 55.5 Å². The van der Waals surface area contributed by atoms with Gasteiger partial charge in [0.2, 0.25) is 0 Å². The van der Waals surface area contributed by atoms with E-state index in [1.807, 2.05) is 0 Å². The molecule has 0 saturated heterocycles. The minimum atomic E-state index is -0.667. The number of amides is 1. The van der Waals surface area contributed by atoms with E-state index in [-0.39, 0.29) is 22.8 Å². The van der Waals surface area contributed by atoms with Crippen LogP contribution in [0.1, 0.15) is 16.1 Å². The number of para-hydroxylation sites is 1. The largest absolute Gasteiger partial charge is 0.346 e. The number of hydrogen-bond acceptors (Lipinski definition) is 5. The first kappa shape index (κ1) is 13.4. The molecule has 1 heterocycles. The van der Waals surface area contributed by atoms with Crippen molar-refractivity contribution in [2.75, 3.05) is 0 Å². The SMILES string of the molecule is O=C(NCc1cscn1)c1cccc(Cl)c1[N+](=O)[O-]. The van der Waals surface area contributed by atoms with Gasteiger partial charge in [0.25, 0.3) is 5.91 Å². The molecule has 0 aliphatic heterocycles. The van der Waals surface area contributed by atoms with E-state index in [2.05, 4.69) is 10.3 Å². The second-order valence-electron chi connectivity index (χ2n) is 3.56. The maximum absolute atomic E-state index is 11.9. The van der Waals surface area contributed by atoms with Crippen molar-refractivity contribution in [2.45, 2.75) is 6.54 Å². The van der Waals surface area contributed by atoms with E-state index in [1.54, 1.807) is 10.9 Å². The summed E-state index contributed by atoms with van der Waals surface area (Å²) in [5.41, 5.74) is 1.89. The molecule has 0 saturated carbocycles. The van der Waals surface area contributed by atoms with E-state index in [1.165, 1.54) is 29.5 Å². The lowest BCUT2D eigenvalue weighted by molar-refractivity contribution is -0.385. The van der Waals surface area contributed by atoms with Crippen LogP contribution in [0.4, 0.5) is 5.69 Å². The van der Waals surface area contributed by atoms with Gasteiger partial charge >= 0.3 is 5.69 Å². The molecule has 0 unspecified atom stereocenters. The lowest BCUT2D eigenvalue weighted by Gasteiger charge is -2.05. The highest BCUT2D eigenvalue weighted by atomic mass is 35.5. The number of nitrogens with one attached hydrogen (secondary N) is 1. The fourth-order valence-corrected chi connectivity index (χ4v) is 2.28. The van der Waals surface area contributed by atoms with Crippen LogP contribution in [-0.2, 0) is 6.54 Å². The average Bonchev–Trinajstić information content (AvgIpc) is 2.88. The van der Waals surface area contributed by atoms with E-state index < -0.39 is 10.8 Å². The Hall–Kier alpha value is -1.99. The van der Waals surface area contributed by atoms with Crippen LogP contribution in [0.3, 0.4) is 0 Å². The molecule has 19 heavy (non-hydrogen) atoms. The maximum Gasteiger partial charge on any atom is 0.300 e. The first-order valence-corrected chi connectivity index (χ1v) is 6.50. The number of rotatable bonds is 4. The van der Waals surface area contributed by atoms with E-state index in [4.69, 9.17) is 11.6 Å². The van der Waals surface area contributed by atoms with Crippen LogP contribution in [0.2, 0.25) is 5.02 Å². The van der Waals surface area contributed by atoms with Gasteiger partial charge in [0.15, 0.2) is 0 Å². The van der Waals surface area contributed by atoms with E-state index in [9.17, 15) is 14.9 Å². The molecule has 0 fully saturated rings. The zero-order chi connectivity index (χ0) is 13.8. The van der Waals surface area contributed by atoms with Gasteiger partial charge in [0, 0.05) is 5.38 Å². The third kappa shape index (κ3) is 3.07. The average molecular weight is 298 g/mol. The molecule has 0 atom stereocenters. The zero-order valence-corrected chi connectivity index (χ0v) is 11.1. The van der Waals surface area contributed by atoms with Crippen molar-refractivity contribution >= 4 is 34.5 Å². The van der Waals surface area contributed by atoms with Gasteiger partial charge in [0.05, 0.1) is 22.7 Å². The Labute approximate surface area is 117 Å². The van der Waals surface area contributed by atoms with Gasteiger partial charge < -0.3 is 5.32 Å². The predicted octanol–water partition coefficient (Wildman–Crippen LogP) is 2.63. The van der Waals surface area contributed by atoms with Crippen LogP contribution >= 0.6 is 22.9 Å². The lowest BCUT2D eigenvalue weighted by atomic mass is 10.1. The molecule has 2 aromatic rings. The summed E-state index contributed by atoms with van der Waals surface area (Å²) in [5.74, 6) is -0.554. The highest BCUT2D eigenvalue weighted by Gasteiger charge is 2.23. The third-order valence-corrected chi connectivity index (χ3v) is 3.27. The predicted molar refractivity (Wildman–Crippen MR) is 71.4 cm³/mol. The Morgan fingerprint density at radius 1 is 1.53 bits per heavy atom. The number of nitro benzene ring substituents is 1. The molecule has 0 radical (unpaired) electrons. The minimum absolute atomic E-state index is 0.0623. The molecule has 98 valence electrons.